The second-order valence-electron chi connectivity index (χ2n) is 8.56. The van der Waals surface area contributed by atoms with E-state index in [1.165, 1.54) is 92.5 Å². The van der Waals surface area contributed by atoms with E-state index in [-0.39, 0.29) is 11.8 Å². The largest absolute Gasteiger partial charge is 0.309 e. The zero-order valence-corrected chi connectivity index (χ0v) is 22.1. The van der Waals surface area contributed by atoms with Crippen molar-refractivity contribution in [2.75, 3.05) is 28.8 Å². The quantitative estimate of drug-likeness (QED) is 0.197. The highest BCUT2D eigenvalue weighted by molar-refractivity contribution is 8.17. The predicted octanol–water partition coefficient (Wildman–Crippen LogP) is 8.09. The fourth-order valence-corrected chi connectivity index (χ4v) is 7.09. The van der Waals surface area contributed by atoms with E-state index in [0.717, 1.165) is 19.4 Å². The fraction of sp³-hybridized carbons (Fsp3) is 0.731. The van der Waals surface area contributed by atoms with Gasteiger partial charge in [-0.3, -0.25) is 4.79 Å². The molecule has 1 aliphatic rings. The maximum Gasteiger partial charge on any atom is 0.241 e. The second-order valence-corrected chi connectivity index (χ2v) is 11.7. The van der Waals surface area contributed by atoms with Gasteiger partial charge in [0.1, 0.15) is 5.88 Å². The van der Waals surface area contributed by atoms with Crippen LogP contribution in [0.15, 0.2) is 18.2 Å². The van der Waals surface area contributed by atoms with Crippen molar-refractivity contribution in [3.8, 4) is 0 Å². The minimum atomic E-state index is 0.0570. The van der Waals surface area contributed by atoms with E-state index < -0.39 is 0 Å². The molecule has 0 atom stereocenters. The zero-order chi connectivity index (χ0) is 22.3. The third-order valence-electron chi connectivity index (χ3n) is 5.97. The molecule has 1 fully saturated rings. The Morgan fingerprint density at radius 3 is 1.97 bits per heavy atom. The van der Waals surface area contributed by atoms with Crippen molar-refractivity contribution in [2.45, 2.75) is 95.5 Å². The molecule has 0 spiro atoms. The number of hydrogen-bond donors (Lipinski definition) is 0. The van der Waals surface area contributed by atoms with Gasteiger partial charge in [-0.25, -0.2) is 0 Å². The molecule has 0 N–H and O–H groups in total. The predicted molar refractivity (Wildman–Crippen MR) is 143 cm³/mol. The molecular weight excluding hydrogens is 442 g/mol. The number of alkyl halides is 1. The minimum Gasteiger partial charge on any atom is -0.309 e. The number of rotatable bonds is 14. The third kappa shape index (κ3) is 9.60. The molecule has 5 heteroatoms. The van der Waals surface area contributed by atoms with Gasteiger partial charge in [0.15, 0.2) is 0 Å². The van der Waals surface area contributed by atoms with Crippen LogP contribution in [0.25, 0.3) is 0 Å². The summed E-state index contributed by atoms with van der Waals surface area (Å²) < 4.78 is 0.441. The number of para-hydroxylation sites is 1. The zero-order valence-electron chi connectivity index (χ0n) is 19.7. The summed E-state index contributed by atoms with van der Waals surface area (Å²) in [7, 11) is 0. The lowest BCUT2D eigenvalue weighted by atomic mass is 9.96. The summed E-state index contributed by atoms with van der Waals surface area (Å²) in [4.78, 5) is 15.2. The van der Waals surface area contributed by atoms with Crippen LogP contribution in [0, 0.1) is 0 Å². The highest BCUT2D eigenvalue weighted by Gasteiger charge is 2.25. The standard InChI is InChI=1S/C26H42ClNOS2/c1-3-5-7-9-14-22-16-13-17-23(15-10-8-6-4-2)26(22)28(24(29)20-27)21-25-30-18-11-12-19-31-25/h13,16-17,25H,3-12,14-15,18-21H2,1-2H3. The molecule has 0 radical (unpaired) electrons. The monoisotopic (exact) mass is 483 g/mol. The summed E-state index contributed by atoms with van der Waals surface area (Å²) in [5.74, 6) is 2.51. The summed E-state index contributed by atoms with van der Waals surface area (Å²) in [5.41, 5.74) is 3.86. The van der Waals surface area contributed by atoms with Gasteiger partial charge in [-0.2, -0.15) is 0 Å². The first kappa shape index (κ1) is 26.9. The maximum atomic E-state index is 13.1. The van der Waals surface area contributed by atoms with Crippen molar-refractivity contribution in [1.82, 2.24) is 0 Å². The Hall–Kier alpha value is -0.320. The van der Waals surface area contributed by atoms with E-state index in [1.54, 1.807) is 0 Å². The Kier molecular flexibility index (Phi) is 14.2. The van der Waals surface area contributed by atoms with Gasteiger partial charge < -0.3 is 4.90 Å². The van der Waals surface area contributed by atoms with Crippen LogP contribution in [0.5, 0.6) is 0 Å². The molecule has 1 saturated heterocycles. The number of amides is 1. The molecule has 2 rings (SSSR count). The van der Waals surface area contributed by atoms with Gasteiger partial charge in [-0.15, -0.1) is 35.1 Å². The van der Waals surface area contributed by atoms with Crippen LogP contribution in [0.4, 0.5) is 5.69 Å². The Labute approximate surface area is 204 Å². The Morgan fingerprint density at radius 2 is 1.48 bits per heavy atom. The van der Waals surface area contributed by atoms with Gasteiger partial charge in [-0.1, -0.05) is 70.6 Å². The van der Waals surface area contributed by atoms with Crippen molar-refractivity contribution >= 4 is 46.7 Å². The maximum absolute atomic E-state index is 13.1. The number of hydrogen-bond acceptors (Lipinski definition) is 3. The molecule has 2 nitrogen and oxygen atoms in total. The molecule has 1 aliphatic heterocycles. The Bertz CT molecular complexity index is 602. The van der Waals surface area contributed by atoms with Crippen molar-refractivity contribution in [2.24, 2.45) is 0 Å². The van der Waals surface area contributed by atoms with Crippen LogP contribution in [0.1, 0.15) is 89.2 Å². The summed E-state index contributed by atoms with van der Waals surface area (Å²) in [6.45, 7) is 5.28. The van der Waals surface area contributed by atoms with Gasteiger partial charge in [0.05, 0.1) is 10.3 Å². The molecule has 1 amide bonds. The molecule has 0 aromatic heterocycles. The van der Waals surface area contributed by atoms with Gasteiger partial charge in [-0.05, 0) is 61.2 Å². The first-order valence-electron chi connectivity index (χ1n) is 12.4. The molecule has 0 saturated carbocycles. The summed E-state index contributed by atoms with van der Waals surface area (Å²) in [6, 6.07) is 6.70. The van der Waals surface area contributed by atoms with Crippen LogP contribution in [-0.2, 0) is 17.6 Å². The summed E-state index contributed by atoms with van der Waals surface area (Å²) in [6.07, 6.45) is 14.6. The van der Waals surface area contributed by atoms with Gasteiger partial charge in [0.2, 0.25) is 5.91 Å². The molecule has 1 aromatic rings. The normalized spacial score (nSPS) is 15.1. The number of thioether (sulfide) groups is 2. The van der Waals surface area contributed by atoms with Crippen molar-refractivity contribution in [1.29, 1.82) is 0 Å². The minimum absolute atomic E-state index is 0.0570. The van der Waals surface area contributed by atoms with Crippen LogP contribution in [0.2, 0.25) is 0 Å². The van der Waals surface area contributed by atoms with E-state index in [9.17, 15) is 4.79 Å². The fourth-order valence-electron chi connectivity index (χ4n) is 4.21. The average molecular weight is 484 g/mol. The molecule has 176 valence electrons. The number of benzene rings is 1. The van der Waals surface area contributed by atoms with E-state index in [4.69, 9.17) is 11.6 Å². The van der Waals surface area contributed by atoms with Crippen LogP contribution < -0.4 is 4.90 Å². The number of unbranched alkanes of at least 4 members (excludes halogenated alkanes) is 6. The number of halogens is 1. The van der Waals surface area contributed by atoms with Crippen molar-refractivity contribution < 1.29 is 4.79 Å². The van der Waals surface area contributed by atoms with Gasteiger partial charge in [0, 0.05) is 6.54 Å². The Balaban J connectivity index is 2.29. The van der Waals surface area contributed by atoms with E-state index in [2.05, 4.69) is 36.9 Å². The molecule has 0 bridgehead atoms. The highest BCUT2D eigenvalue weighted by Crippen LogP contribution is 2.35. The van der Waals surface area contributed by atoms with E-state index in [1.807, 2.05) is 23.5 Å². The molecule has 31 heavy (non-hydrogen) atoms. The topological polar surface area (TPSA) is 20.3 Å². The van der Waals surface area contributed by atoms with Gasteiger partial charge >= 0.3 is 0 Å². The average Bonchev–Trinajstić information content (AvgIpc) is 3.06. The highest BCUT2D eigenvalue weighted by atomic mass is 35.5. The molecule has 0 aliphatic carbocycles. The molecular formula is C26H42ClNOS2. The Morgan fingerprint density at radius 1 is 0.935 bits per heavy atom. The van der Waals surface area contributed by atoms with Gasteiger partial charge in [0.25, 0.3) is 0 Å². The molecule has 1 aromatic carbocycles. The second kappa shape index (κ2) is 16.3. The smallest absolute Gasteiger partial charge is 0.241 e. The lowest BCUT2D eigenvalue weighted by molar-refractivity contribution is -0.116. The summed E-state index contributed by atoms with van der Waals surface area (Å²) >= 11 is 10.2. The van der Waals surface area contributed by atoms with Crippen molar-refractivity contribution in [3.63, 3.8) is 0 Å². The lowest BCUT2D eigenvalue weighted by Gasteiger charge is -2.30. The third-order valence-corrected chi connectivity index (χ3v) is 9.10. The van der Waals surface area contributed by atoms with Crippen LogP contribution >= 0.6 is 35.1 Å². The number of anilines is 1. The molecule has 0 unspecified atom stereocenters. The number of carbonyl (C=O) groups is 1. The van der Waals surface area contributed by atoms with Crippen LogP contribution in [-0.4, -0.2) is 34.4 Å². The lowest BCUT2D eigenvalue weighted by Crippen LogP contribution is -2.38. The number of aryl methyl sites for hydroxylation is 2. The first-order valence-corrected chi connectivity index (χ1v) is 15.0. The van der Waals surface area contributed by atoms with E-state index in [0.29, 0.717) is 4.58 Å². The SMILES string of the molecule is CCCCCCc1cccc(CCCCCC)c1N(CC1SCCCCS1)C(=O)CCl. The van der Waals surface area contributed by atoms with Crippen molar-refractivity contribution in [3.05, 3.63) is 29.3 Å². The molecule has 1 heterocycles. The van der Waals surface area contributed by atoms with E-state index >= 15 is 0 Å². The number of carbonyl (C=O) groups excluding carboxylic acids is 1. The number of nitrogens with zero attached hydrogens (tertiary/aromatic N) is 1. The van der Waals surface area contributed by atoms with Crippen LogP contribution in [0.3, 0.4) is 0 Å². The summed E-state index contributed by atoms with van der Waals surface area (Å²) in [5, 5.41) is 0. The first-order chi connectivity index (χ1) is 15.2.